The maximum atomic E-state index is 15.0. The number of rotatable bonds is 8. The second-order valence-electron chi connectivity index (χ2n) is 8.70. The van der Waals surface area contributed by atoms with Crippen LogP contribution in [-0.4, -0.2) is 40.9 Å². The summed E-state index contributed by atoms with van der Waals surface area (Å²) in [5.74, 6) is -2.93. The summed E-state index contributed by atoms with van der Waals surface area (Å²) in [5.41, 5.74) is 9.15. The molecule has 1 aliphatic heterocycles. The van der Waals surface area contributed by atoms with E-state index in [0.717, 1.165) is 24.8 Å². The Morgan fingerprint density at radius 1 is 1.26 bits per heavy atom. The molecule has 2 heterocycles. The van der Waals surface area contributed by atoms with Gasteiger partial charge in [0.2, 0.25) is 5.79 Å². The Labute approximate surface area is 198 Å². The van der Waals surface area contributed by atoms with Gasteiger partial charge >= 0.3 is 5.97 Å². The lowest BCUT2D eigenvalue weighted by molar-refractivity contribution is -0.136. The van der Waals surface area contributed by atoms with E-state index in [4.69, 9.17) is 10.3 Å². The lowest BCUT2D eigenvalue weighted by Crippen LogP contribution is -2.54. The molecule has 0 aliphatic carbocycles. The number of aliphatic imine (C=N–C) groups is 1. The van der Waals surface area contributed by atoms with Crippen molar-refractivity contribution >= 4 is 12.7 Å². The number of carboxylic acid groups (broad SMARTS) is 1. The average Bonchev–Trinajstić information content (AvgIpc) is 3.27. The van der Waals surface area contributed by atoms with Crippen LogP contribution in [0.5, 0.6) is 0 Å². The van der Waals surface area contributed by atoms with Crippen molar-refractivity contribution in [3.8, 4) is 11.1 Å². The largest absolute Gasteiger partial charge is 0.481 e. The number of nitrogens with two attached hydrogens (primary N) is 1. The van der Waals surface area contributed by atoms with E-state index >= 15 is 4.39 Å². The zero-order valence-electron chi connectivity index (χ0n) is 19.2. The number of hydrogen-bond acceptors (Lipinski definition) is 6. The lowest BCUT2D eigenvalue weighted by atomic mass is 9.91. The molecule has 3 aromatic rings. The monoisotopic (exact) mass is 464 g/mol. The van der Waals surface area contributed by atoms with E-state index in [-0.39, 0.29) is 17.9 Å². The van der Waals surface area contributed by atoms with E-state index in [1.165, 1.54) is 6.07 Å². The second-order valence-corrected chi connectivity index (χ2v) is 8.70. The van der Waals surface area contributed by atoms with Crippen LogP contribution in [0.3, 0.4) is 0 Å². The second kappa shape index (κ2) is 9.87. The zero-order valence-corrected chi connectivity index (χ0v) is 19.2. The maximum Gasteiger partial charge on any atom is 0.308 e. The van der Waals surface area contributed by atoms with Gasteiger partial charge in [-0.15, -0.1) is 0 Å². The van der Waals surface area contributed by atoms with Crippen LogP contribution < -0.4 is 5.73 Å². The van der Waals surface area contributed by atoms with Gasteiger partial charge in [-0.05, 0) is 36.8 Å². The quantitative estimate of drug-likeness (QED) is 0.475. The van der Waals surface area contributed by atoms with Gasteiger partial charge in [0.1, 0.15) is 17.3 Å². The molecular weight excluding hydrogens is 435 g/mol. The highest BCUT2D eigenvalue weighted by atomic mass is 19.1. The molecule has 0 amide bonds. The summed E-state index contributed by atoms with van der Waals surface area (Å²) in [7, 11) is 0. The predicted octanol–water partition coefficient (Wildman–Crippen LogP) is 4.52. The fourth-order valence-electron chi connectivity index (χ4n) is 4.64. The molecule has 2 atom stereocenters. The number of nitrogens with zero attached hydrogens (tertiary/aromatic N) is 3. The van der Waals surface area contributed by atoms with Gasteiger partial charge in [-0.25, -0.2) is 4.39 Å². The number of hydrogen-bond donors (Lipinski definition) is 2. The van der Waals surface area contributed by atoms with Crippen LogP contribution in [0.1, 0.15) is 54.7 Å². The fraction of sp³-hybridized carbons (Fsp3) is 0.346. The normalized spacial score (nSPS) is 17.1. The van der Waals surface area contributed by atoms with Crippen molar-refractivity contribution in [2.75, 3.05) is 13.1 Å². The van der Waals surface area contributed by atoms with Crippen molar-refractivity contribution in [3.63, 3.8) is 0 Å². The molecule has 1 saturated heterocycles. The van der Waals surface area contributed by atoms with Gasteiger partial charge in [-0.2, -0.15) is 0 Å². The van der Waals surface area contributed by atoms with E-state index in [0.29, 0.717) is 35.5 Å². The Morgan fingerprint density at radius 3 is 2.59 bits per heavy atom. The molecule has 178 valence electrons. The summed E-state index contributed by atoms with van der Waals surface area (Å²) in [6.45, 7) is 6.90. The number of likely N-dealkylation sites (tertiary alicyclic amines) is 1. The molecular formula is C26H29FN4O3. The molecule has 1 aliphatic rings. The van der Waals surface area contributed by atoms with E-state index in [1.54, 1.807) is 6.07 Å². The Bertz CT molecular complexity index is 1170. The van der Waals surface area contributed by atoms with Crippen molar-refractivity contribution in [2.45, 2.75) is 44.3 Å². The predicted molar refractivity (Wildman–Crippen MR) is 128 cm³/mol. The first-order valence-electron chi connectivity index (χ1n) is 11.4. The number of carbonyl (C=O) groups is 1. The van der Waals surface area contributed by atoms with Crippen LogP contribution in [0, 0.1) is 5.82 Å². The van der Waals surface area contributed by atoms with Crippen LogP contribution >= 0.6 is 0 Å². The SMILES string of the molecule is C=NC(N)(c1noc(C(C)c2ccc(-c3ccccc3)c(F)c2)c1CC(=O)O)N1CCCCC1. The van der Waals surface area contributed by atoms with E-state index in [1.807, 2.05) is 48.2 Å². The van der Waals surface area contributed by atoms with Gasteiger partial charge in [0.25, 0.3) is 0 Å². The Balaban J connectivity index is 1.73. The number of aromatic nitrogens is 1. The third kappa shape index (κ3) is 4.51. The van der Waals surface area contributed by atoms with E-state index < -0.39 is 17.7 Å². The van der Waals surface area contributed by atoms with Gasteiger partial charge in [0.05, 0.1) is 6.42 Å². The molecule has 4 rings (SSSR count). The van der Waals surface area contributed by atoms with Gasteiger partial charge in [0.15, 0.2) is 0 Å². The standard InChI is InChI=1S/C26H29FN4O3/c1-17(19-11-12-20(22(27)15-19)18-9-5-3-6-10-18)24-21(16-23(32)33)25(30-34-24)26(28,29-2)31-13-7-4-8-14-31/h3,5-6,9-12,15,17H,2,4,7-8,13-14,16,28H2,1H3,(H,32,33). The molecule has 0 radical (unpaired) electrons. The smallest absolute Gasteiger partial charge is 0.308 e. The molecule has 2 unspecified atom stereocenters. The molecule has 0 bridgehead atoms. The number of aliphatic carboxylic acids is 1. The maximum absolute atomic E-state index is 15.0. The minimum Gasteiger partial charge on any atom is -0.481 e. The first-order valence-corrected chi connectivity index (χ1v) is 11.4. The summed E-state index contributed by atoms with van der Waals surface area (Å²) in [4.78, 5) is 17.9. The third-order valence-corrected chi connectivity index (χ3v) is 6.55. The van der Waals surface area contributed by atoms with Gasteiger partial charge in [-0.1, -0.05) is 61.0 Å². The van der Waals surface area contributed by atoms with Crippen molar-refractivity contribution < 1.29 is 18.8 Å². The highest BCUT2D eigenvalue weighted by Crippen LogP contribution is 2.37. The Morgan fingerprint density at radius 2 is 1.97 bits per heavy atom. The van der Waals surface area contributed by atoms with Crippen molar-refractivity contribution in [1.82, 2.24) is 10.1 Å². The fourth-order valence-corrected chi connectivity index (χ4v) is 4.64. The number of piperidine rings is 1. The molecule has 0 saturated carbocycles. The first kappa shape index (κ1) is 23.8. The van der Waals surface area contributed by atoms with Gasteiger partial charge < -0.3 is 9.63 Å². The summed E-state index contributed by atoms with van der Waals surface area (Å²) in [6, 6.07) is 14.3. The highest BCUT2D eigenvalue weighted by Gasteiger charge is 2.41. The van der Waals surface area contributed by atoms with Crippen LogP contribution in [-0.2, 0) is 17.0 Å². The van der Waals surface area contributed by atoms with Crippen molar-refractivity contribution in [1.29, 1.82) is 0 Å². The molecule has 2 aromatic carbocycles. The Hall–Kier alpha value is -3.36. The summed E-state index contributed by atoms with van der Waals surface area (Å²) in [5, 5.41) is 13.8. The molecule has 8 heteroatoms. The lowest BCUT2D eigenvalue weighted by Gasteiger charge is -2.38. The molecule has 3 N–H and O–H groups in total. The van der Waals surface area contributed by atoms with Crippen molar-refractivity contribution in [3.05, 3.63) is 76.9 Å². The zero-order chi connectivity index (χ0) is 24.3. The molecule has 0 spiro atoms. The average molecular weight is 465 g/mol. The molecule has 34 heavy (non-hydrogen) atoms. The van der Waals surface area contributed by atoms with E-state index in [9.17, 15) is 9.90 Å². The van der Waals surface area contributed by atoms with Crippen LogP contribution in [0.25, 0.3) is 11.1 Å². The third-order valence-electron chi connectivity index (χ3n) is 6.55. The number of halogens is 1. The Kier molecular flexibility index (Phi) is 6.90. The van der Waals surface area contributed by atoms with Gasteiger partial charge in [0, 0.05) is 30.1 Å². The van der Waals surface area contributed by atoms with Crippen LogP contribution in [0.15, 0.2) is 58.0 Å². The minimum absolute atomic E-state index is 0.245. The molecule has 7 nitrogen and oxygen atoms in total. The minimum atomic E-state index is -1.39. The summed E-state index contributed by atoms with van der Waals surface area (Å²) >= 11 is 0. The summed E-state index contributed by atoms with van der Waals surface area (Å²) < 4.78 is 20.7. The number of benzene rings is 2. The molecule has 1 fully saturated rings. The number of carboxylic acids is 1. The van der Waals surface area contributed by atoms with E-state index in [2.05, 4.69) is 16.9 Å². The van der Waals surface area contributed by atoms with Crippen LogP contribution in [0.2, 0.25) is 0 Å². The van der Waals surface area contributed by atoms with Crippen LogP contribution in [0.4, 0.5) is 4.39 Å². The van der Waals surface area contributed by atoms with Gasteiger partial charge in [-0.3, -0.25) is 20.4 Å². The topological polar surface area (TPSA) is 105 Å². The first-order chi connectivity index (χ1) is 16.3. The van der Waals surface area contributed by atoms with Crippen molar-refractivity contribution in [2.24, 2.45) is 10.7 Å². The molecule has 1 aromatic heterocycles. The highest BCUT2D eigenvalue weighted by molar-refractivity contribution is 5.71. The summed E-state index contributed by atoms with van der Waals surface area (Å²) in [6.07, 6.45) is 2.66.